The van der Waals surface area contributed by atoms with Crippen molar-refractivity contribution in [3.05, 3.63) is 42.1 Å². The van der Waals surface area contributed by atoms with Crippen molar-refractivity contribution in [1.82, 2.24) is 24.6 Å². The predicted octanol–water partition coefficient (Wildman–Crippen LogP) is 0.113. The summed E-state index contributed by atoms with van der Waals surface area (Å²) in [7, 11) is 0. The number of likely N-dealkylation sites (tertiary alicyclic amines) is 1. The number of hydrogen-bond acceptors (Lipinski definition) is 6. The molecule has 1 aliphatic heterocycles. The number of nitrogens with zero attached hydrogens (tertiary/aromatic N) is 5. The summed E-state index contributed by atoms with van der Waals surface area (Å²) in [4.78, 5) is 10.6. The zero-order chi connectivity index (χ0) is 15.1. The van der Waals surface area contributed by atoms with Crippen LogP contribution in [0, 0.1) is 0 Å². The first-order chi connectivity index (χ1) is 10.7. The molecule has 3 heterocycles. The molecule has 0 radical (unpaired) electrons. The Bertz CT molecular complexity index is 711. The minimum Gasteiger partial charge on any atom is -0.390 e. The first-order valence-corrected chi connectivity index (χ1v) is 7.40. The predicted molar refractivity (Wildman–Crippen MR) is 81.8 cm³/mol. The van der Waals surface area contributed by atoms with Crippen molar-refractivity contribution < 1.29 is 5.11 Å². The minimum absolute atomic E-state index is 0.00643. The molecule has 1 fully saturated rings. The molecule has 2 aliphatic rings. The number of anilines is 1. The van der Waals surface area contributed by atoms with Crippen molar-refractivity contribution in [1.29, 1.82) is 0 Å². The molecule has 0 amide bonds. The van der Waals surface area contributed by atoms with Crippen LogP contribution in [-0.2, 0) is 6.42 Å². The molecule has 0 unspecified atom stereocenters. The largest absolute Gasteiger partial charge is 0.390 e. The summed E-state index contributed by atoms with van der Waals surface area (Å²) in [5, 5.41) is 14.5. The van der Waals surface area contributed by atoms with Gasteiger partial charge in [-0.1, -0.05) is 6.08 Å². The van der Waals surface area contributed by atoms with Gasteiger partial charge in [-0.05, 0) is 18.1 Å². The van der Waals surface area contributed by atoms with Gasteiger partial charge in [0.2, 0.25) is 0 Å². The van der Waals surface area contributed by atoms with Crippen LogP contribution in [0.4, 0.5) is 5.82 Å². The summed E-state index contributed by atoms with van der Waals surface area (Å²) in [5.74, 6) is 0.562. The highest BCUT2D eigenvalue weighted by molar-refractivity contribution is 5.74. The second kappa shape index (κ2) is 5.19. The van der Waals surface area contributed by atoms with Gasteiger partial charge in [-0.3, -0.25) is 9.58 Å². The molecule has 0 saturated carbocycles. The number of rotatable bonds is 3. The van der Waals surface area contributed by atoms with E-state index in [0.717, 1.165) is 36.3 Å². The Hall–Kier alpha value is -2.25. The van der Waals surface area contributed by atoms with Gasteiger partial charge >= 0.3 is 0 Å². The van der Waals surface area contributed by atoms with Crippen molar-refractivity contribution in [2.24, 2.45) is 0 Å². The molecule has 3 N–H and O–H groups in total. The molecular formula is C15H18N6O. The Morgan fingerprint density at radius 3 is 3.05 bits per heavy atom. The van der Waals surface area contributed by atoms with Crippen LogP contribution in [0.5, 0.6) is 0 Å². The van der Waals surface area contributed by atoms with Crippen molar-refractivity contribution in [3.63, 3.8) is 0 Å². The molecule has 0 spiro atoms. The summed E-state index contributed by atoms with van der Waals surface area (Å²) >= 11 is 0. The molecule has 22 heavy (non-hydrogen) atoms. The lowest BCUT2D eigenvalue weighted by Gasteiger charge is -2.17. The maximum absolute atomic E-state index is 10.3. The molecule has 0 aromatic carbocycles. The monoisotopic (exact) mass is 298 g/mol. The summed E-state index contributed by atoms with van der Waals surface area (Å²) in [6.07, 6.45) is 7.69. The number of aliphatic hydroxyl groups is 1. The number of aliphatic hydroxyl groups excluding tert-OH is 1. The standard InChI is InChI=1S/C15H18N6O/c16-15-11-3-2-10(14(11)17-9-18-15)6-20-7-12(13(22)8-20)21-5-1-4-19-21/h1-2,4-5,9,12-13,22H,3,6-8H2,(H2,16,17,18)/t12-,13-/m0/s1. The van der Waals surface area contributed by atoms with Crippen molar-refractivity contribution in [3.8, 4) is 0 Å². The lowest BCUT2D eigenvalue weighted by atomic mass is 10.2. The highest BCUT2D eigenvalue weighted by Crippen LogP contribution is 2.30. The van der Waals surface area contributed by atoms with E-state index in [-0.39, 0.29) is 6.04 Å². The molecule has 7 heteroatoms. The van der Waals surface area contributed by atoms with Gasteiger partial charge < -0.3 is 10.8 Å². The van der Waals surface area contributed by atoms with E-state index in [0.29, 0.717) is 12.4 Å². The maximum atomic E-state index is 10.3. The van der Waals surface area contributed by atoms with Gasteiger partial charge in [0, 0.05) is 37.6 Å². The van der Waals surface area contributed by atoms with Crippen LogP contribution in [0.1, 0.15) is 17.3 Å². The van der Waals surface area contributed by atoms with Crippen molar-refractivity contribution in [2.45, 2.75) is 18.6 Å². The molecule has 4 rings (SSSR count). The molecule has 1 aliphatic carbocycles. The molecule has 2 aromatic heterocycles. The number of fused-ring (bicyclic) bond motifs is 1. The van der Waals surface area contributed by atoms with Gasteiger partial charge in [-0.2, -0.15) is 5.10 Å². The van der Waals surface area contributed by atoms with Crippen molar-refractivity contribution in [2.75, 3.05) is 25.4 Å². The lowest BCUT2D eigenvalue weighted by Crippen LogP contribution is -2.24. The van der Waals surface area contributed by atoms with E-state index in [4.69, 9.17) is 5.73 Å². The summed E-state index contributed by atoms with van der Waals surface area (Å²) in [6, 6.07) is 1.89. The topological polar surface area (TPSA) is 93.1 Å². The fourth-order valence-electron chi connectivity index (χ4n) is 3.32. The number of aromatic nitrogens is 4. The second-order valence-electron chi connectivity index (χ2n) is 5.83. The Kier molecular flexibility index (Phi) is 3.16. The quantitative estimate of drug-likeness (QED) is 0.835. The number of β-amino-alcohol motifs (C(OH)–C–C–N with tert-alkyl or cyclic N) is 1. The Labute approximate surface area is 128 Å². The van der Waals surface area contributed by atoms with Crippen LogP contribution < -0.4 is 5.73 Å². The Morgan fingerprint density at radius 2 is 2.23 bits per heavy atom. The molecule has 7 nitrogen and oxygen atoms in total. The van der Waals surface area contributed by atoms with Crippen LogP contribution in [-0.4, -0.2) is 55.5 Å². The van der Waals surface area contributed by atoms with E-state index in [1.54, 1.807) is 6.20 Å². The third kappa shape index (κ3) is 2.18. The molecule has 114 valence electrons. The Morgan fingerprint density at radius 1 is 1.32 bits per heavy atom. The van der Waals surface area contributed by atoms with E-state index in [2.05, 4.69) is 26.0 Å². The van der Waals surface area contributed by atoms with E-state index in [9.17, 15) is 5.11 Å². The van der Waals surface area contributed by atoms with Crippen LogP contribution in [0.3, 0.4) is 0 Å². The van der Waals surface area contributed by atoms with Gasteiger partial charge in [0.1, 0.15) is 12.1 Å². The third-order valence-electron chi connectivity index (χ3n) is 4.43. The first-order valence-electron chi connectivity index (χ1n) is 7.40. The Balaban J connectivity index is 1.49. The zero-order valence-electron chi connectivity index (χ0n) is 12.1. The van der Waals surface area contributed by atoms with Crippen LogP contribution >= 0.6 is 0 Å². The zero-order valence-corrected chi connectivity index (χ0v) is 12.1. The molecule has 0 bridgehead atoms. The average Bonchev–Trinajstić information content (AvgIpc) is 3.20. The normalized spacial score (nSPS) is 24.5. The number of allylic oxidation sites excluding steroid dienone is 1. The van der Waals surface area contributed by atoms with Crippen LogP contribution in [0.2, 0.25) is 0 Å². The van der Waals surface area contributed by atoms with Crippen molar-refractivity contribution >= 4 is 11.4 Å². The first kappa shape index (κ1) is 13.4. The lowest BCUT2D eigenvalue weighted by molar-refractivity contribution is 0.140. The number of nitrogens with two attached hydrogens (primary N) is 1. The van der Waals surface area contributed by atoms with Crippen LogP contribution in [0.25, 0.3) is 5.57 Å². The molecule has 2 atom stereocenters. The van der Waals surface area contributed by atoms with Gasteiger partial charge in [-0.25, -0.2) is 9.97 Å². The van der Waals surface area contributed by atoms with Gasteiger partial charge in [-0.15, -0.1) is 0 Å². The second-order valence-corrected chi connectivity index (χ2v) is 5.83. The molecule has 2 aromatic rings. The molecular weight excluding hydrogens is 280 g/mol. The summed E-state index contributed by atoms with van der Waals surface area (Å²) < 4.78 is 1.84. The van der Waals surface area contributed by atoms with Gasteiger partial charge in [0.25, 0.3) is 0 Å². The summed E-state index contributed by atoms with van der Waals surface area (Å²) in [6.45, 7) is 2.17. The fourth-order valence-corrected chi connectivity index (χ4v) is 3.32. The minimum atomic E-state index is -0.406. The van der Waals surface area contributed by atoms with E-state index in [1.165, 1.54) is 6.33 Å². The summed E-state index contributed by atoms with van der Waals surface area (Å²) in [5.41, 5.74) is 9.03. The van der Waals surface area contributed by atoms with E-state index < -0.39 is 6.10 Å². The maximum Gasteiger partial charge on any atom is 0.130 e. The van der Waals surface area contributed by atoms with E-state index in [1.807, 2.05) is 16.9 Å². The molecule has 1 saturated heterocycles. The fraction of sp³-hybridized carbons (Fsp3) is 0.400. The third-order valence-corrected chi connectivity index (χ3v) is 4.43. The average molecular weight is 298 g/mol. The van der Waals surface area contributed by atoms with Gasteiger partial charge in [0.15, 0.2) is 0 Å². The smallest absolute Gasteiger partial charge is 0.130 e. The number of hydrogen-bond donors (Lipinski definition) is 2. The van der Waals surface area contributed by atoms with Crippen LogP contribution in [0.15, 0.2) is 30.9 Å². The highest BCUT2D eigenvalue weighted by Gasteiger charge is 2.34. The SMILES string of the molecule is Nc1ncnc2c1CC=C2CN1C[C@H](O)[C@@H](n2cccn2)C1. The number of nitrogen functional groups attached to an aromatic ring is 1. The highest BCUT2D eigenvalue weighted by atomic mass is 16.3. The van der Waals surface area contributed by atoms with E-state index >= 15 is 0 Å². The van der Waals surface area contributed by atoms with Gasteiger partial charge in [0.05, 0.1) is 17.8 Å².